The first-order valence-corrected chi connectivity index (χ1v) is 5.70. The summed E-state index contributed by atoms with van der Waals surface area (Å²) >= 11 is 0. The monoisotopic (exact) mass is 196 g/mol. The van der Waals surface area contributed by atoms with Gasteiger partial charge in [-0.1, -0.05) is 38.7 Å². The maximum absolute atomic E-state index is 10.9. The van der Waals surface area contributed by atoms with Crippen LogP contribution >= 0.6 is 0 Å². The van der Waals surface area contributed by atoms with Crippen LogP contribution in [0.3, 0.4) is 0 Å². The Morgan fingerprint density at radius 2 is 2.14 bits per heavy atom. The molecule has 1 rings (SSSR count). The van der Waals surface area contributed by atoms with Gasteiger partial charge in [-0.05, 0) is 12.8 Å². The van der Waals surface area contributed by atoms with Crippen molar-refractivity contribution in [2.75, 3.05) is 0 Å². The van der Waals surface area contributed by atoms with Crippen molar-refractivity contribution in [3.8, 4) is 0 Å². The van der Waals surface area contributed by atoms with Crippen LogP contribution in [-0.4, -0.2) is 12.1 Å². The molecule has 0 aromatic carbocycles. The van der Waals surface area contributed by atoms with Gasteiger partial charge in [-0.25, -0.2) is 4.79 Å². The Hall–Kier alpha value is -0.790. The SMILES string of the molecule is CCCCCCCC1CC=CC(=O)O1. The summed E-state index contributed by atoms with van der Waals surface area (Å²) in [6, 6.07) is 0. The van der Waals surface area contributed by atoms with E-state index in [1.165, 1.54) is 38.2 Å². The van der Waals surface area contributed by atoms with E-state index in [9.17, 15) is 4.79 Å². The molecule has 2 nitrogen and oxygen atoms in total. The van der Waals surface area contributed by atoms with Gasteiger partial charge in [0.2, 0.25) is 0 Å². The van der Waals surface area contributed by atoms with E-state index in [0.717, 1.165) is 12.8 Å². The second-order valence-electron chi connectivity index (χ2n) is 3.90. The summed E-state index contributed by atoms with van der Waals surface area (Å²) < 4.78 is 5.17. The Morgan fingerprint density at radius 1 is 1.36 bits per heavy atom. The molecule has 0 aliphatic carbocycles. The molecule has 0 aromatic rings. The largest absolute Gasteiger partial charge is 0.459 e. The highest BCUT2D eigenvalue weighted by Gasteiger charge is 2.14. The van der Waals surface area contributed by atoms with Gasteiger partial charge in [-0.2, -0.15) is 0 Å². The molecule has 0 spiro atoms. The maximum atomic E-state index is 10.9. The van der Waals surface area contributed by atoms with Gasteiger partial charge in [0.25, 0.3) is 0 Å². The van der Waals surface area contributed by atoms with E-state index in [1.54, 1.807) is 0 Å². The number of hydrogen-bond donors (Lipinski definition) is 0. The Balaban J connectivity index is 2.01. The van der Waals surface area contributed by atoms with Gasteiger partial charge < -0.3 is 4.74 Å². The van der Waals surface area contributed by atoms with Crippen LogP contribution in [0.15, 0.2) is 12.2 Å². The summed E-state index contributed by atoms with van der Waals surface area (Å²) in [7, 11) is 0. The number of esters is 1. The van der Waals surface area contributed by atoms with E-state index in [4.69, 9.17) is 4.74 Å². The van der Waals surface area contributed by atoms with Crippen LogP contribution in [0.25, 0.3) is 0 Å². The van der Waals surface area contributed by atoms with Crippen molar-refractivity contribution in [1.82, 2.24) is 0 Å². The summed E-state index contributed by atoms with van der Waals surface area (Å²) in [6.07, 6.45) is 11.9. The van der Waals surface area contributed by atoms with E-state index in [2.05, 4.69) is 6.92 Å². The normalized spacial score (nSPS) is 20.9. The number of rotatable bonds is 6. The average Bonchev–Trinajstić information content (AvgIpc) is 2.18. The minimum absolute atomic E-state index is 0.147. The van der Waals surface area contributed by atoms with Crippen LogP contribution in [0.2, 0.25) is 0 Å². The van der Waals surface area contributed by atoms with Crippen LogP contribution in [0.1, 0.15) is 51.9 Å². The molecule has 0 aromatic heterocycles. The molecule has 0 bridgehead atoms. The molecule has 0 saturated heterocycles. The summed E-state index contributed by atoms with van der Waals surface area (Å²) in [5.74, 6) is -0.171. The molecule has 0 amide bonds. The van der Waals surface area contributed by atoms with Gasteiger partial charge in [-0.3, -0.25) is 0 Å². The molecule has 1 atom stereocenters. The standard InChI is InChI=1S/C12H20O2/c1-2-3-4-5-6-8-11-9-7-10-12(13)14-11/h7,10-11H,2-6,8-9H2,1H3. The van der Waals surface area contributed by atoms with E-state index >= 15 is 0 Å². The molecule has 1 heterocycles. The fraction of sp³-hybridized carbons (Fsp3) is 0.750. The van der Waals surface area contributed by atoms with Crippen molar-refractivity contribution in [3.63, 3.8) is 0 Å². The number of cyclic esters (lactones) is 1. The number of hydrogen-bond acceptors (Lipinski definition) is 2. The zero-order valence-corrected chi connectivity index (χ0v) is 9.00. The second kappa shape index (κ2) is 6.63. The second-order valence-corrected chi connectivity index (χ2v) is 3.90. The third-order valence-corrected chi connectivity index (χ3v) is 2.57. The van der Waals surface area contributed by atoms with Crippen LogP contribution in [0.5, 0.6) is 0 Å². The Bertz CT molecular complexity index is 196. The number of carbonyl (C=O) groups is 1. The van der Waals surface area contributed by atoms with Gasteiger partial charge >= 0.3 is 5.97 Å². The van der Waals surface area contributed by atoms with Gasteiger partial charge in [-0.15, -0.1) is 0 Å². The molecule has 0 saturated carbocycles. The van der Waals surface area contributed by atoms with Crippen molar-refractivity contribution >= 4 is 5.97 Å². The number of ether oxygens (including phenoxy) is 1. The van der Waals surface area contributed by atoms with Crippen LogP contribution in [0.4, 0.5) is 0 Å². The Morgan fingerprint density at radius 3 is 2.86 bits per heavy atom. The quantitative estimate of drug-likeness (QED) is 0.481. The first kappa shape index (κ1) is 11.3. The highest BCUT2D eigenvalue weighted by molar-refractivity contribution is 5.82. The first-order valence-electron chi connectivity index (χ1n) is 5.70. The molecule has 1 unspecified atom stereocenters. The lowest BCUT2D eigenvalue weighted by Crippen LogP contribution is -2.19. The molecule has 0 radical (unpaired) electrons. The van der Waals surface area contributed by atoms with E-state index in [1.807, 2.05) is 6.08 Å². The average molecular weight is 196 g/mol. The first-order chi connectivity index (χ1) is 6.83. The van der Waals surface area contributed by atoms with Crippen LogP contribution in [0, 0.1) is 0 Å². The lowest BCUT2D eigenvalue weighted by Gasteiger charge is -2.18. The highest BCUT2D eigenvalue weighted by Crippen LogP contribution is 2.15. The third-order valence-electron chi connectivity index (χ3n) is 2.57. The van der Waals surface area contributed by atoms with Crippen molar-refractivity contribution in [3.05, 3.63) is 12.2 Å². The van der Waals surface area contributed by atoms with E-state index in [0.29, 0.717) is 0 Å². The van der Waals surface area contributed by atoms with Gasteiger partial charge in [0.1, 0.15) is 6.10 Å². The van der Waals surface area contributed by atoms with Gasteiger partial charge in [0, 0.05) is 12.5 Å². The van der Waals surface area contributed by atoms with E-state index in [-0.39, 0.29) is 12.1 Å². The summed E-state index contributed by atoms with van der Waals surface area (Å²) in [6.45, 7) is 2.22. The van der Waals surface area contributed by atoms with Crippen LogP contribution in [-0.2, 0) is 9.53 Å². The minimum Gasteiger partial charge on any atom is -0.459 e. The number of unbranched alkanes of at least 4 members (excludes halogenated alkanes) is 4. The van der Waals surface area contributed by atoms with Gasteiger partial charge in [0.15, 0.2) is 0 Å². The fourth-order valence-electron chi connectivity index (χ4n) is 1.72. The third kappa shape index (κ3) is 4.45. The molecule has 80 valence electrons. The van der Waals surface area contributed by atoms with Crippen LogP contribution < -0.4 is 0 Å². The molecule has 14 heavy (non-hydrogen) atoms. The smallest absolute Gasteiger partial charge is 0.330 e. The van der Waals surface area contributed by atoms with Crippen molar-refractivity contribution in [2.45, 2.75) is 58.0 Å². The zero-order valence-electron chi connectivity index (χ0n) is 9.00. The molecule has 2 heteroatoms. The summed E-state index contributed by atoms with van der Waals surface area (Å²) in [5.41, 5.74) is 0. The summed E-state index contributed by atoms with van der Waals surface area (Å²) in [5, 5.41) is 0. The van der Waals surface area contributed by atoms with Crippen molar-refractivity contribution in [1.29, 1.82) is 0 Å². The Labute approximate surface area is 86.3 Å². The lowest BCUT2D eigenvalue weighted by molar-refractivity contribution is -0.144. The zero-order chi connectivity index (χ0) is 10.2. The Kier molecular flexibility index (Phi) is 5.35. The van der Waals surface area contributed by atoms with Gasteiger partial charge in [0.05, 0.1) is 0 Å². The number of carbonyl (C=O) groups excluding carboxylic acids is 1. The predicted octanol–water partition coefficient (Wildman–Crippen LogP) is 3.22. The maximum Gasteiger partial charge on any atom is 0.330 e. The summed E-state index contributed by atoms with van der Waals surface area (Å²) in [4.78, 5) is 10.9. The molecule has 1 aliphatic rings. The van der Waals surface area contributed by atoms with Crippen molar-refractivity contribution < 1.29 is 9.53 Å². The molecule has 0 N–H and O–H groups in total. The van der Waals surface area contributed by atoms with E-state index < -0.39 is 0 Å². The molecule has 1 aliphatic heterocycles. The molecular weight excluding hydrogens is 176 g/mol. The molecule has 0 fully saturated rings. The minimum atomic E-state index is -0.171. The lowest BCUT2D eigenvalue weighted by atomic mass is 10.0. The fourth-order valence-corrected chi connectivity index (χ4v) is 1.72. The molecular formula is C12H20O2. The highest BCUT2D eigenvalue weighted by atomic mass is 16.5. The topological polar surface area (TPSA) is 26.3 Å². The predicted molar refractivity (Wildman–Crippen MR) is 57.0 cm³/mol. The van der Waals surface area contributed by atoms with Crippen molar-refractivity contribution in [2.24, 2.45) is 0 Å².